The van der Waals surface area contributed by atoms with E-state index in [9.17, 15) is 4.79 Å². The first-order chi connectivity index (χ1) is 13.7. The SMILES string of the molecule is COC(=O)c1cc(-c2ccc(OC)cc2)nc(-c2ccc3c(c2)CCCC3)c1. The maximum Gasteiger partial charge on any atom is 0.338 e. The van der Waals surface area contributed by atoms with Gasteiger partial charge in [0.15, 0.2) is 0 Å². The predicted octanol–water partition coefficient (Wildman–Crippen LogP) is 5.09. The summed E-state index contributed by atoms with van der Waals surface area (Å²) >= 11 is 0. The van der Waals surface area contributed by atoms with Crippen LogP contribution in [0.25, 0.3) is 22.5 Å². The Morgan fingerprint density at radius 1 is 0.821 bits per heavy atom. The van der Waals surface area contributed by atoms with Crippen LogP contribution in [0.1, 0.15) is 34.3 Å². The van der Waals surface area contributed by atoms with Crippen LogP contribution < -0.4 is 4.74 Å². The van der Waals surface area contributed by atoms with Crippen LogP contribution in [0.3, 0.4) is 0 Å². The van der Waals surface area contributed by atoms with Gasteiger partial charge in [-0.15, -0.1) is 0 Å². The summed E-state index contributed by atoms with van der Waals surface area (Å²) in [4.78, 5) is 17.1. The van der Waals surface area contributed by atoms with Crippen molar-refractivity contribution < 1.29 is 14.3 Å². The molecule has 1 aliphatic rings. The second-order valence-electron chi connectivity index (χ2n) is 7.04. The van der Waals surface area contributed by atoms with E-state index in [1.54, 1.807) is 13.2 Å². The van der Waals surface area contributed by atoms with Crippen molar-refractivity contribution in [3.8, 4) is 28.3 Å². The first kappa shape index (κ1) is 18.2. The van der Waals surface area contributed by atoms with Crippen LogP contribution in [-0.2, 0) is 17.6 Å². The van der Waals surface area contributed by atoms with Crippen molar-refractivity contribution in [2.24, 2.45) is 0 Å². The normalized spacial score (nSPS) is 12.9. The number of benzene rings is 2. The zero-order chi connectivity index (χ0) is 19.5. The molecule has 0 saturated carbocycles. The Balaban J connectivity index is 1.81. The Hall–Kier alpha value is -3.14. The van der Waals surface area contributed by atoms with E-state index in [4.69, 9.17) is 14.5 Å². The van der Waals surface area contributed by atoms with Crippen LogP contribution in [0, 0.1) is 0 Å². The van der Waals surface area contributed by atoms with E-state index in [-0.39, 0.29) is 5.97 Å². The molecule has 0 spiro atoms. The van der Waals surface area contributed by atoms with Crippen molar-refractivity contribution in [1.82, 2.24) is 4.98 Å². The molecule has 28 heavy (non-hydrogen) atoms. The zero-order valence-electron chi connectivity index (χ0n) is 16.2. The minimum absolute atomic E-state index is 0.364. The molecule has 0 radical (unpaired) electrons. The third-order valence-corrected chi connectivity index (χ3v) is 5.28. The van der Waals surface area contributed by atoms with Crippen molar-refractivity contribution in [3.63, 3.8) is 0 Å². The van der Waals surface area contributed by atoms with Gasteiger partial charge >= 0.3 is 5.97 Å². The van der Waals surface area contributed by atoms with Crippen molar-refractivity contribution in [2.45, 2.75) is 25.7 Å². The molecule has 4 nitrogen and oxygen atoms in total. The topological polar surface area (TPSA) is 48.4 Å². The molecular formula is C24H23NO3. The lowest BCUT2D eigenvalue weighted by Gasteiger charge is -2.17. The van der Waals surface area contributed by atoms with Gasteiger partial charge < -0.3 is 9.47 Å². The number of carbonyl (C=O) groups is 1. The fraction of sp³-hybridized carbons (Fsp3) is 0.250. The molecule has 0 bridgehead atoms. The van der Waals surface area contributed by atoms with Crippen LogP contribution in [0.2, 0.25) is 0 Å². The van der Waals surface area contributed by atoms with Gasteiger partial charge in [-0.1, -0.05) is 12.1 Å². The quantitative estimate of drug-likeness (QED) is 0.598. The van der Waals surface area contributed by atoms with Crippen LogP contribution in [0.5, 0.6) is 5.75 Å². The highest BCUT2D eigenvalue weighted by Gasteiger charge is 2.15. The number of fused-ring (bicyclic) bond motifs is 1. The highest BCUT2D eigenvalue weighted by Crippen LogP contribution is 2.30. The summed E-state index contributed by atoms with van der Waals surface area (Å²) in [6, 6.07) is 17.8. The van der Waals surface area contributed by atoms with Crippen LogP contribution >= 0.6 is 0 Å². The minimum Gasteiger partial charge on any atom is -0.497 e. The second kappa shape index (κ2) is 7.85. The van der Waals surface area contributed by atoms with Gasteiger partial charge in [0.2, 0.25) is 0 Å². The van der Waals surface area contributed by atoms with Crippen molar-refractivity contribution in [1.29, 1.82) is 0 Å². The molecule has 4 heteroatoms. The van der Waals surface area contributed by atoms with Gasteiger partial charge in [0.25, 0.3) is 0 Å². The number of ether oxygens (including phenoxy) is 2. The molecular weight excluding hydrogens is 350 g/mol. The number of nitrogens with zero attached hydrogens (tertiary/aromatic N) is 1. The first-order valence-corrected chi connectivity index (χ1v) is 9.55. The number of aromatic nitrogens is 1. The highest BCUT2D eigenvalue weighted by atomic mass is 16.5. The third-order valence-electron chi connectivity index (χ3n) is 5.28. The molecule has 0 atom stereocenters. The number of carbonyl (C=O) groups excluding carboxylic acids is 1. The summed E-state index contributed by atoms with van der Waals surface area (Å²) in [5, 5.41) is 0. The number of rotatable bonds is 4. The number of hydrogen-bond acceptors (Lipinski definition) is 4. The third kappa shape index (κ3) is 3.63. The molecule has 0 fully saturated rings. The fourth-order valence-corrected chi connectivity index (χ4v) is 3.72. The smallest absolute Gasteiger partial charge is 0.338 e. The molecule has 0 amide bonds. The molecule has 1 heterocycles. The van der Waals surface area contributed by atoms with Crippen molar-refractivity contribution in [2.75, 3.05) is 14.2 Å². The van der Waals surface area contributed by atoms with Gasteiger partial charge in [-0.3, -0.25) is 0 Å². The number of hydrogen-bond donors (Lipinski definition) is 0. The lowest BCUT2D eigenvalue weighted by atomic mass is 9.89. The Labute approximate surface area is 165 Å². The monoisotopic (exact) mass is 373 g/mol. The van der Waals surface area contributed by atoms with E-state index in [1.165, 1.54) is 31.1 Å². The summed E-state index contributed by atoms with van der Waals surface area (Å²) in [5.41, 5.74) is 6.78. The first-order valence-electron chi connectivity index (χ1n) is 9.55. The fourth-order valence-electron chi connectivity index (χ4n) is 3.72. The molecule has 0 saturated heterocycles. The highest BCUT2D eigenvalue weighted by molar-refractivity contribution is 5.92. The maximum atomic E-state index is 12.2. The van der Waals surface area contributed by atoms with E-state index < -0.39 is 0 Å². The second-order valence-corrected chi connectivity index (χ2v) is 7.04. The molecule has 2 aromatic carbocycles. The average Bonchev–Trinajstić information content (AvgIpc) is 2.78. The number of methoxy groups -OCH3 is 2. The van der Waals surface area contributed by atoms with Crippen LogP contribution in [0.4, 0.5) is 0 Å². The Kier molecular flexibility index (Phi) is 5.11. The zero-order valence-corrected chi connectivity index (χ0v) is 16.2. The molecule has 0 unspecified atom stereocenters. The molecule has 0 aliphatic heterocycles. The molecule has 1 aliphatic carbocycles. The van der Waals surface area contributed by atoms with Crippen LogP contribution in [0.15, 0.2) is 54.6 Å². The molecule has 142 valence electrons. The van der Waals surface area contributed by atoms with Gasteiger partial charge in [-0.25, -0.2) is 9.78 Å². The standard InChI is InChI=1S/C24H23NO3/c1-27-21-11-9-17(10-12-21)22-14-20(24(26)28-2)15-23(25-22)19-8-7-16-5-3-4-6-18(16)13-19/h7-15H,3-6H2,1-2H3. The Bertz CT molecular complexity index is 1010. The van der Waals surface area contributed by atoms with Gasteiger partial charge in [-0.2, -0.15) is 0 Å². The van der Waals surface area contributed by atoms with E-state index in [1.807, 2.05) is 30.3 Å². The van der Waals surface area contributed by atoms with Gasteiger partial charge in [0, 0.05) is 11.1 Å². The summed E-state index contributed by atoms with van der Waals surface area (Å²) in [7, 11) is 3.04. The molecule has 0 N–H and O–H groups in total. The number of pyridine rings is 1. The van der Waals surface area contributed by atoms with E-state index in [0.717, 1.165) is 41.1 Å². The average molecular weight is 373 g/mol. The summed E-state index contributed by atoms with van der Waals surface area (Å²) < 4.78 is 10.2. The number of esters is 1. The Morgan fingerprint density at radius 2 is 1.46 bits per heavy atom. The molecule has 1 aromatic heterocycles. The molecule has 3 aromatic rings. The summed E-state index contributed by atoms with van der Waals surface area (Å²) in [6.45, 7) is 0. The van der Waals surface area contributed by atoms with E-state index in [0.29, 0.717) is 5.56 Å². The minimum atomic E-state index is -0.364. The maximum absolute atomic E-state index is 12.2. The lowest BCUT2D eigenvalue weighted by molar-refractivity contribution is 0.0600. The van der Waals surface area contributed by atoms with Crippen LogP contribution in [-0.4, -0.2) is 25.2 Å². The number of aryl methyl sites for hydroxylation is 2. The summed E-state index contributed by atoms with van der Waals surface area (Å²) in [5.74, 6) is 0.416. The predicted molar refractivity (Wildman–Crippen MR) is 110 cm³/mol. The van der Waals surface area contributed by atoms with Gasteiger partial charge in [0.1, 0.15) is 5.75 Å². The lowest BCUT2D eigenvalue weighted by Crippen LogP contribution is -2.05. The van der Waals surface area contributed by atoms with Crippen molar-refractivity contribution >= 4 is 5.97 Å². The Morgan fingerprint density at radius 3 is 2.14 bits per heavy atom. The van der Waals surface area contributed by atoms with Gasteiger partial charge in [0.05, 0.1) is 31.2 Å². The molecule has 4 rings (SSSR count). The van der Waals surface area contributed by atoms with E-state index >= 15 is 0 Å². The van der Waals surface area contributed by atoms with Crippen molar-refractivity contribution in [3.05, 3.63) is 71.3 Å². The van der Waals surface area contributed by atoms with Gasteiger partial charge in [-0.05, 0) is 79.3 Å². The largest absolute Gasteiger partial charge is 0.497 e. The summed E-state index contributed by atoms with van der Waals surface area (Å²) in [6.07, 6.45) is 4.72. The van der Waals surface area contributed by atoms with E-state index in [2.05, 4.69) is 18.2 Å².